The van der Waals surface area contributed by atoms with Crippen LogP contribution in [0.4, 0.5) is 4.39 Å². The summed E-state index contributed by atoms with van der Waals surface area (Å²) in [4.78, 5) is 10.4. The molecule has 0 radical (unpaired) electrons. The van der Waals surface area contributed by atoms with Gasteiger partial charge in [0.1, 0.15) is 11.9 Å². The molecule has 0 aliphatic carbocycles. The number of benzene rings is 1. The van der Waals surface area contributed by atoms with Crippen molar-refractivity contribution in [1.82, 2.24) is 0 Å². The van der Waals surface area contributed by atoms with Gasteiger partial charge in [0.2, 0.25) is 0 Å². The molecule has 0 saturated carbocycles. The van der Waals surface area contributed by atoms with Crippen molar-refractivity contribution in [2.75, 3.05) is 5.75 Å². The number of nitrogens with two attached hydrogens (primary N) is 1. The van der Waals surface area contributed by atoms with Crippen LogP contribution in [0.3, 0.4) is 0 Å². The van der Waals surface area contributed by atoms with Crippen LogP contribution in [0.25, 0.3) is 0 Å². The molecular weight excluding hydrogens is 253 g/mol. The summed E-state index contributed by atoms with van der Waals surface area (Å²) in [6.45, 7) is 0. The van der Waals surface area contributed by atoms with E-state index in [-0.39, 0.29) is 11.6 Å². The van der Waals surface area contributed by atoms with Gasteiger partial charge in [0.25, 0.3) is 0 Å². The number of aliphatic carboxylic acids is 1. The van der Waals surface area contributed by atoms with Gasteiger partial charge in [-0.3, -0.25) is 4.79 Å². The van der Waals surface area contributed by atoms with Crippen molar-refractivity contribution in [1.29, 1.82) is 0 Å². The number of halogens is 2. The third kappa shape index (κ3) is 4.00. The Morgan fingerprint density at radius 3 is 2.88 bits per heavy atom. The zero-order valence-electron chi connectivity index (χ0n) is 8.32. The SMILES string of the molecule is N[C@H](CSCc1ccc(Cl)cc1F)C(=O)O. The highest BCUT2D eigenvalue weighted by molar-refractivity contribution is 7.98. The summed E-state index contributed by atoms with van der Waals surface area (Å²) in [5, 5.41) is 8.88. The Balaban J connectivity index is 2.46. The molecule has 3 nitrogen and oxygen atoms in total. The molecule has 1 aromatic rings. The average molecular weight is 264 g/mol. The second-order valence-corrected chi connectivity index (χ2v) is 4.66. The smallest absolute Gasteiger partial charge is 0.321 e. The Kier molecular flexibility index (Phi) is 5.05. The van der Waals surface area contributed by atoms with Crippen LogP contribution in [-0.4, -0.2) is 22.9 Å². The predicted molar refractivity (Wildman–Crippen MR) is 63.2 cm³/mol. The molecule has 0 amide bonds. The Morgan fingerprint density at radius 1 is 1.62 bits per heavy atom. The van der Waals surface area contributed by atoms with Crippen molar-refractivity contribution >= 4 is 29.3 Å². The number of hydrogen-bond donors (Lipinski definition) is 2. The molecule has 0 aliphatic heterocycles. The van der Waals surface area contributed by atoms with Crippen molar-refractivity contribution < 1.29 is 14.3 Å². The van der Waals surface area contributed by atoms with Gasteiger partial charge in [-0.25, -0.2) is 4.39 Å². The molecule has 88 valence electrons. The van der Waals surface area contributed by atoms with E-state index >= 15 is 0 Å². The Hall–Kier alpha value is -0.780. The highest BCUT2D eigenvalue weighted by Gasteiger charge is 2.11. The van der Waals surface area contributed by atoms with Gasteiger partial charge in [0.15, 0.2) is 0 Å². The summed E-state index contributed by atoms with van der Waals surface area (Å²) < 4.78 is 13.3. The first kappa shape index (κ1) is 13.3. The van der Waals surface area contributed by atoms with Crippen molar-refractivity contribution in [3.05, 3.63) is 34.6 Å². The number of carboxylic acids is 1. The third-order valence-corrected chi connectivity index (χ3v) is 3.23. The fourth-order valence-corrected chi connectivity index (χ4v) is 2.13. The molecule has 6 heteroatoms. The summed E-state index contributed by atoms with van der Waals surface area (Å²) in [5.74, 6) is -0.811. The molecule has 1 aromatic carbocycles. The summed E-state index contributed by atoms with van der Waals surface area (Å²) in [6.07, 6.45) is 0. The zero-order chi connectivity index (χ0) is 12.1. The number of thioether (sulfide) groups is 1. The molecule has 0 bridgehead atoms. The van der Waals surface area contributed by atoms with Gasteiger partial charge in [-0.15, -0.1) is 0 Å². The van der Waals surface area contributed by atoms with Crippen LogP contribution in [0.2, 0.25) is 5.02 Å². The van der Waals surface area contributed by atoms with E-state index in [4.69, 9.17) is 22.4 Å². The number of carboxylic acid groups (broad SMARTS) is 1. The van der Waals surface area contributed by atoms with Crippen LogP contribution >= 0.6 is 23.4 Å². The van der Waals surface area contributed by atoms with Crippen molar-refractivity contribution in [3.8, 4) is 0 Å². The third-order valence-electron chi connectivity index (χ3n) is 1.89. The minimum absolute atomic E-state index is 0.247. The molecule has 0 aromatic heterocycles. The van der Waals surface area contributed by atoms with E-state index in [1.165, 1.54) is 17.8 Å². The highest BCUT2D eigenvalue weighted by atomic mass is 35.5. The van der Waals surface area contributed by atoms with E-state index in [9.17, 15) is 9.18 Å². The highest BCUT2D eigenvalue weighted by Crippen LogP contribution is 2.19. The maximum atomic E-state index is 13.3. The monoisotopic (exact) mass is 263 g/mol. The summed E-state index contributed by atoms with van der Waals surface area (Å²) in [6, 6.07) is 3.49. The normalized spacial score (nSPS) is 12.4. The lowest BCUT2D eigenvalue weighted by molar-refractivity contribution is -0.137. The molecule has 0 aliphatic rings. The molecular formula is C10H11ClFNO2S. The summed E-state index contributed by atoms with van der Waals surface area (Å²) in [7, 11) is 0. The molecule has 1 rings (SSSR count). The van der Waals surface area contributed by atoms with E-state index < -0.39 is 12.0 Å². The first-order valence-corrected chi connectivity index (χ1v) is 6.04. The van der Waals surface area contributed by atoms with Gasteiger partial charge in [0, 0.05) is 16.5 Å². The minimum Gasteiger partial charge on any atom is -0.480 e. The maximum Gasteiger partial charge on any atom is 0.321 e. The number of hydrogen-bond acceptors (Lipinski definition) is 3. The first-order chi connectivity index (χ1) is 7.50. The Morgan fingerprint density at radius 2 is 2.31 bits per heavy atom. The van der Waals surface area contributed by atoms with Crippen LogP contribution in [0.5, 0.6) is 0 Å². The van der Waals surface area contributed by atoms with Gasteiger partial charge >= 0.3 is 5.97 Å². The second kappa shape index (κ2) is 6.08. The van der Waals surface area contributed by atoms with Crippen LogP contribution in [-0.2, 0) is 10.5 Å². The van der Waals surface area contributed by atoms with Gasteiger partial charge in [0.05, 0.1) is 0 Å². The van der Waals surface area contributed by atoms with Crippen LogP contribution in [0.15, 0.2) is 18.2 Å². The molecule has 0 saturated heterocycles. The van der Waals surface area contributed by atoms with Gasteiger partial charge < -0.3 is 10.8 Å². The number of rotatable bonds is 5. The predicted octanol–water partition coefficient (Wildman–Crippen LogP) is 2.12. The maximum absolute atomic E-state index is 13.3. The van der Waals surface area contributed by atoms with Crippen molar-refractivity contribution in [2.24, 2.45) is 5.73 Å². The Bertz CT molecular complexity index is 389. The molecule has 0 heterocycles. The Labute approximate surface area is 102 Å². The van der Waals surface area contributed by atoms with Gasteiger partial charge in [-0.05, 0) is 17.7 Å². The van der Waals surface area contributed by atoms with Crippen molar-refractivity contribution in [2.45, 2.75) is 11.8 Å². The summed E-state index contributed by atoms with van der Waals surface area (Å²) in [5.41, 5.74) is 5.80. The van der Waals surface area contributed by atoms with Crippen molar-refractivity contribution in [3.63, 3.8) is 0 Å². The van der Waals surface area contributed by atoms with E-state index in [1.54, 1.807) is 12.1 Å². The lowest BCUT2D eigenvalue weighted by Crippen LogP contribution is -2.32. The van der Waals surface area contributed by atoms with E-state index in [0.29, 0.717) is 16.3 Å². The van der Waals surface area contributed by atoms with E-state index in [1.807, 2.05) is 0 Å². The lowest BCUT2D eigenvalue weighted by Gasteiger charge is -2.06. The molecule has 0 fully saturated rings. The lowest BCUT2D eigenvalue weighted by atomic mass is 10.2. The van der Waals surface area contributed by atoms with Crippen LogP contribution in [0.1, 0.15) is 5.56 Å². The van der Waals surface area contributed by atoms with Crippen LogP contribution < -0.4 is 5.73 Å². The zero-order valence-corrected chi connectivity index (χ0v) is 9.89. The standard InChI is InChI=1S/C10H11ClFNO2S/c11-7-2-1-6(8(12)3-7)4-16-5-9(13)10(14)15/h1-3,9H,4-5,13H2,(H,14,15)/t9-/m1/s1. The second-order valence-electron chi connectivity index (χ2n) is 3.20. The topological polar surface area (TPSA) is 63.3 Å². The average Bonchev–Trinajstić information content (AvgIpc) is 2.20. The molecule has 3 N–H and O–H groups in total. The number of carbonyl (C=O) groups is 1. The quantitative estimate of drug-likeness (QED) is 0.854. The summed E-state index contributed by atoms with van der Waals surface area (Å²) >= 11 is 6.87. The van der Waals surface area contributed by atoms with E-state index in [0.717, 1.165) is 0 Å². The molecule has 1 atom stereocenters. The molecule has 0 unspecified atom stereocenters. The molecule has 16 heavy (non-hydrogen) atoms. The molecule has 0 spiro atoms. The van der Waals surface area contributed by atoms with Gasteiger partial charge in [-0.1, -0.05) is 17.7 Å². The minimum atomic E-state index is -1.05. The fourth-order valence-electron chi connectivity index (χ4n) is 1.01. The van der Waals surface area contributed by atoms with E-state index in [2.05, 4.69) is 0 Å². The first-order valence-electron chi connectivity index (χ1n) is 4.50. The largest absolute Gasteiger partial charge is 0.480 e. The van der Waals surface area contributed by atoms with Gasteiger partial charge in [-0.2, -0.15) is 11.8 Å². The fraction of sp³-hybridized carbons (Fsp3) is 0.300. The van der Waals surface area contributed by atoms with Crippen LogP contribution in [0, 0.1) is 5.82 Å².